The Morgan fingerprint density at radius 1 is 1.30 bits per heavy atom. The van der Waals surface area contributed by atoms with Crippen molar-refractivity contribution >= 4 is 39.9 Å². The van der Waals surface area contributed by atoms with Crippen molar-refractivity contribution in [3.63, 3.8) is 0 Å². The maximum Gasteiger partial charge on any atom is 0.357 e. The molecule has 1 aliphatic heterocycles. The summed E-state index contributed by atoms with van der Waals surface area (Å²) >= 11 is 7.32. The van der Waals surface area contributed by atoms with Crippen LogP contribution in [0.4, 0.5) is 5.13 Å². The average molecular weight is 494 g/mol. The maximum atomic E-state index is 13.3. The van der Waals surface area contributed by atoms with Gasteiger partial charge in [0.25, 0.3) is 0 Å². The molecule has 3 rings (SSSR count). The van der Waals surface area contributed by atoms with Gasteiger partial charge in [-0.15, -0.1) is 11.3 Å². The van der Waals surface area contributed by atoms with Gasteiger partial charge in [0.05, 0.1) is 18.1 Å². The number of ether oxygens (including phenoxy) is 1. The van der Waals surface area contributed by atoms with Crippen molar-refractivity contribution in [1.82, 2.24) is 9.88 Å². The maximum absolute atomic E-state index is 13.3. The van der Waals surface area contributed by atoms with Crippen LogP contribution in [-0.4, -0.2) is 52.6 Å². The molecule has 2 aromatic rings. The molecule has 1 amide bonds. The van der Waals surface area contributed by atoms with Crippen LogP contribution in [0.3, 0.4) is 0 Å². The van der Waals surface area contributed by atoms with Crippen LogP contribution < -0.4 is 5.32 Å². The SMILES string of the molecule is CCOC(=O)c1csc(NC(C)[C@@H](C)C(=O)N2CC[C@](O)(c3ccc(Cl)cc3)C(C)(C)C2)n1. The number of thiazole rings is 1. The summed E-state index contributed by atoms with van der Waals surface area (Å²) in [6, 6.07) is 7.08. The highest BCUT2D eigenvalue weighted by Crippen LogP contribution is 2.46. The number of hydrogen-bond acceptors (Lipinski definition) is 7. The molecule has 33 heavy (non-hydrogen) atoms. The van der Waals surface area contributed by atoms with Crippen LogP contribution in [0.25, 0.3) is 0 Å². The minimum absolute atomic E-state index is 0.0170. The number of halogens is 1. The van der Waals surface area contributed by atoms with E-state index in [-0.39, 0.29) is 23.6 Å². The van der Waals surface area contributed by atoms with E-state index in [2.05, 4.69) is 10.3 Å². The number of aliphatic hydroxyl groups is 1. The summed E-state index contributed by atoms with van der Waals surface area (Å²) in [6.45, 7) is 10.7. The molecule has 1 unspecified atom stereocenters. The van der Waals surface area contributed by atoms with E-state index >= 15 is 0 Å². The number of piperidine rings is 1. The lowest BCUT2D eigenvalue weighted by atomic mass is 9.66. The number of amides is 1. The number of nitrogens with one attached hydrogen (secondary N) is 1. The van der Waals surface area contributed by atoms with Crippen molar-refractivity contribution in [2.24, 2.45) is 11.3 Å². The van der Waals surface area contributed by atoms with E-state index in [4.69, 9.17) is 16.3 Å². The summed E-state index contributed by atoms with van der Waals surface area (Å²) in [7, 11) is 0. The fourth-order valence-electron chi connectivity index (χ4n) is 4.23. The number of hydrogen-bond donors (Lipinski definition) is 2. The highest BCUT2D eigenvalue weighted by atomic mass is 35.5. The molecule has 3 atom stereocenters. The predicted molar refractivity (Wildman–Crippen MR) is 131 cm³/mol. The van der Waals surface area contributed by atoms with Crippen molar-refractivity contribution in [1.29, 1.82) is 0 Å². The fourth-order valence-corrected chi connectivity index (χ4v) is 5.13. The molecule has 1 aliphatic rings. The molecule has 180 valence electrons. The third-order valence-electron chi connectivity index (χ3n) is 6.56. The lowest BCUT2D eigenvalue weighted by Crippen LogP contribution is -2.58. The van der Waals surface area contributed by atoms with Crippen molar-refractivity contribution < 1.29 is 19.4 Å². The van der Waals surface area contributed by atoms with E-state index in [1.807, 2.05) is 44.7 Å². The molecule has 1 aromatic heterocycles. The number of nitrogens with zero attached hydrogens (tertiary/aromatic N) is 2. The lowest BCUT2D eigenvalue weighted by molar-refractivity contribution is -0.156. The summed E-state index contributed by atoms with van der Waals surface area (Å²) < 4.78 is 4.97. The second-order valence-electron chi connectivity index (χ2n) is 9.24. The number of esters is 1. The Bertz CT molecular complexity index is 994. The van der Waals surface area contributed by atoms with Gasteiger partial charge < -0.3 is 20.1 Å². The number of carbonyl (C=O) groups is 2. The van der Waals surface area contributed by atoms with Gasteiger partial charge in [-0.3, -0.25) is 4.79 Å². The van der Waals surface area contributed by atoms with Gasteiger partial charge in [-0.05, 0) is 38.0 Å². The Kier molecular flexibility index (Phi) is 7.71. The number of carbonyl (C=O) groups excluding carboxylic acids is 2. The Balaban J connectivity index is 1.65. The van der Waals surface area contributed by atoms with Gasteiger partial charge in [0.1, 0.15) is 0 Å². The summed E-state index contributed by atoms with van der Waals surface area (Å²) in [5.41, 5.74) is -0.524. The molecule has 0 aliphatic carbocycles. The van der Waals surface area contributed by atoms with E-state index in [1.54, 1.807) is 24.4 Å². The average Bonchev–Trinajstić information content (AvgIpc) is 3.23. The van der Waals surface area contributed by atoms with E-state index in [1.165, 1.54) is 11.3 Å². The summed E-state index contributed by atoms with van der Waals surface area (Å²) in [5.74, 6) is -0.761. The van der Waals surface area contributed by atoms with Gasteiger partial charge in [-0.25, -0.2) is 9.78 Å². The third-order valence-corrected chi connectivity index (χ3v) is 7.59. The molecule has 1 fully saturated rings. The quantitative estimate of drug-likeness (QED) is 0.549. The number of anilines is 1. The number of likely N-dealkylation sites (tertiary alicyclic amines) is 1. The van der Waals surface area contributed by atoms with Gasteiger partial charge in [-0.2, -0.15) is 0 Å². The smallest absolute Gasteiger partial charge is 0.357 e. The first-order chi connectivity index (χ1) is 15.5. The number of benzene rings is 1. The van der Waals surface area contributed by atoms with Gasteiger partial charge in [0.15, 0.2) is 10.8 Å². The van der Waals surface area contributed by atoms with E-state index in [9.17, 15) is 14.7 Å². The second-order valence-corrected chi connectivity index (χ2v) is 10.5. The highest BCUT2D eigenvalue weighted by Gasteiger charge is 2.50. The zero-order valence-electron chi connectivity index (χ0n) is 19.7. The van der Waals surface area contributed by atoms with E-state index in [0.29, 0.717) is 36.3 Å². The zero-order valence-corrected chi connectivity index (χ0v) is 21.3. The van der Waals surface area contributed by atoms with Gasteiger partial charge in [-0.1, -0.05) is 44.5 Å². The van der Waals surface area contributed by atoms with Crippen LogP contribution in [0, 0.1) is 11.3 Å². The van der Waals surface area contributed by atoms with Gasteiger partial charge in [0.2, 0.25) is 5.91 Å². The lowest BCUT2D eigenvalue weighted by Gasteiger charge is -2.51. The second kappa shape index (κ2) is 9.99. The van der Waals surface area contributed by atoms with Crippen molar-refractivity contribution in [3.8, 4) is 0 Å². The van der Waals surface area contributed by atoms with Gasteiger partial charge >= 0.3 is 5.97 Å². The molecule has 1 saturated heterocycles. The Labute approximate surface area is 204 Å². The van der Waals surface area contributed by atoms with Gasteiger partial charge in [0, 0.05) is 34.9 Å². The molecule has 0 spiro atoms. The molecule has 0 saturated carbocycles. The predicted octanol–water partition coefficient (Wildman–Crippen LogP) is 4.56. The molecule has 1 aromatic carbocycles. The first-order valence-electron chi connectivity index (χ1n) is 11.1. The summed E-state index contributed by atoms with van der Waals surface area (Å²) in [6.07, 6.45) is 0.442. The Hall–Kier alpha value is -2.16. The summed E-state index contributed by atoms with van der Waals surface area (Å²) in [5, 5.41) is 17.6. The molecular formula is C24H32ClN3O4S. The molecular weight excluding hydrogens is 462 g/mol. The number of aromatic nitrogens is 1. The first kappa shape index (κ1) is 25.5. The van der Waals surface area contributed by atoms with Crippen LogP contribution >= 0.6 is 22.9 Å². The molecule has 2 N–H and O–H groups in total. The number of rotatable bonds is 7. The van der Waals surface area contributed by atoms with E-state index < -0.39 is 17.0 Å². The van der Waals surface area contributed by atoms with Crippen LogP contribution in [0.1, 0.15) is 57.1 Å². The topological polar surface area (TPSA) is 91.8 Å². The highest BCUT2D eigenvalue weighted by molar-refractivity contribution is 7.13. The van der Waals surface area contributed by atoms with Crippen LogP contribution in [0.2, 0.25) is 5.02 Å². The largest absolute Gasteiger partial charge is 0.461 e. The van der Waals surface area contributed by atoms with Crippen molar-refractivity contribution in [3.05, 3.63) is 45.9 Å². The molecule has 2 heterocycles. The zero-order chi connectivity index (χ0) is 24.4. The monoisotopic (exact) mass is 493 g/mol. The molecule has 0 radical (unpaired) electrons. The standard InChI is InChI=1S/C24H32ClN3O4S/c1-6-32-21(30)19-13-33-22(27-19)26-16(3)15(2)20(29)28-12-11-24(31,23(4,5)14-28)17-7-9-18(25)10-8-17/h7-10,13,15-16,31H,6,11-12,14H2,1-5H3,(H,26,27)/t15-,16?,24+/m1/s1. The van der Waals surface area contributed by atoms with Crippen molar-refractivity contribution in [2.45, 2.75) is 52.7 Å². The van der Waals surface area contributed by atoms with Crippen LogP contribution in [-0.2, 0) is 15.1 Å². The molecule has 9 heteroatoms. The third kappa shape index (κ3) is 5.34. The fraction of sp³-hybridized carbons (Fsp3) is 0.542. The van der Waals surface area contributed by atoms with Crippen LogP contribution in [0.15, 0.2) is 29.6 Å². The first-order valence-corrected chi connectivity index (χ1v) is 12.4. The minimum Gasteiger partial charge on any atom is -0.461 e. The Morgan fingerprint density at radius 3 is 2.58 bits per heavy atom. The van der Waals surface area contributed by atoms with E-state index in [0.717, 1.165) is 5.56 Å². The normalized spacial score (nSPS) is 21.8. The minimum atomic E-state index is -1.05. The summed E-state index contributed by atoms with van der Waals surface area (Å²) in [4.78, 5) is 31.2. The Morgan fingerprint density at radius 2 is 1.97 bits per heavy atom. The molecule has 7 nitrogen and oxygen atoms in total. The van der Waals surface area contributed by atoms with Crippen molar-refractivity contribution in [2.75, 3.05) is 25.0 Å². The van der Waals surface area contributed by atoms with Crippen LogP contribution in [0.5, 0.6) is 0 Å². The molecule has 0 bridgehead atoms.